The maximum atomic E-state index is 12.5. The van der Waals surface area contributed by atoms with Gasteiger partial charge in [-0.3, -0.25) is 0 Å². The third kappa shape index (κ3) is 2.17. The highest BCUT2D eigenvalue weighted by Crippen LogP contribution is 2.28. The maximum absolute atomic E-state index is 12.5. The van der Waals surface area contributed by atoms with Crippen molar-refractivity contribution in [3.05, 3.63) is 24.3 Å². The van der Waals surface area contributed by atoms with Crippen LogP contribution in [0.2, 0.25) is 0 Å². The van der Waals surface area contributed by atoms with E-state index in [1.807, 2.05) is 26.0 Å². The Morgan fingerprint density at radius 2 is 2.12 bits per heavy atom. The molecule has 0 radical (unpaired) electrons. The molecule has 1 aromatic rings. The van der Waals surface area contributed by atoms with Crippen LogP contribution in [-0.2, 0) is 10.0 Å². The molecular weight excluding hydrogens is 236 g/mol. The second-order valence-electron chi connectivity index (χ2n) is 4.30. The van der Waals surface area contributed by atoms with Crippen LogP contribution >= 0.6 is 0 Å². The van der Waals surface area contributed by atoms with Crippen molar-refractivity contribution in [2.24, 2.45) is 0 Å². The lowest BCUT2D eigenvalue weighted by Gasteiger charge is -2.25. The molecule has 17 heavy (non-hydrogen) atoms. The van der Waals surface area contributed by atoms with Gasteiger partial charge in [0.1, 0.15) is 4.90 Å². The van der Waals surface area contributed by atoms with Gasteiger partial charge in [-0.15, -0.1) is 0 Å². The lowest BCUT2D eigenvalue weighted by Crippen LogP contribution is -2.39. The Labute approximate surface area is 103 Å². The smallest absolute Gasteiger partial charge is 0.245 e. The molecule has 1 N–H and O–H groups in total. The molecule has 0 aliphatic carbocycles. The zero-order chi connectivity index (χ0) is 12.5. The molecule has 0 bridgehead atoms. The Bertz CT molecular complexity index is 499. The molecule has 5 heteroatoms. The summed E-state index contributed by atoms with van der Waals surface area (Å²) < 4.78 is 26.6. The van der Waals surface area contributed by atoms with Crippen molar-refractivity contribution in [1.29, 1.82) is 0 Å². The Kier molecular flexibility index (Phi) is 3.40. The molecule has 0 spiro atoms. The van der Waals surface area contributed by atoms with Gasteiger partial charge in [-0.05, 0) is 25.5 Å². The number of nitrogens with one attached hydrogen (secondary N) is 1. The van der Waals surface area contributed by atoms with Gasteiger partial charge in [0.2, 0.25) is 10.0 Å². The lowest BCUT2D eigenvalue weighted by atomic mass is 10.2. The first kappa shape index (κ1) is 12.4. The van der Waals surface area contributed by atoms with Crippen LogP contribution in [0.3, 0.4) is 0 Å². The number of hydrogen-bond acceptors (Lipinski definition) is 3. The second-order valence-corrected chi connectivity index (χ2v) is 6.15. The number of para-hydroxylation sites is 1. The highest BCUT2D eigenvalue weighted by atomic mass is 32.2. The molecule has 0 amide bonds. The summed E-state index contributed by atoms with van der Waals surface area (Å²) in [7, 11) is -3.36. The van der Waals surface area contributed by atoms with E-state index in [9.17, 15) is 8.42 Å². The Balaban J connectivity index is 2.51. The van der Waals surface area contributed by atoms with E-state index >= 15 is 0 Å². The first-order valence-corrected chi connectivity index (χ1v) is 7.36. The van der Waals surface area contributed by atoms with E-state index in [1.165, 1.54) is 0 Å². The van der Waals surface area contributed by atoms with E-state index in [2.05, 4.69) is 5.32 Å². The van der Waals surface area contributed by atoms with Crippen LogP contribution in [0.4, 0.5) is 5.69 Å². The van der Waals surface area contributed by atoms with Gasteiger partial charge in [0.25, 0.3) is 0 Å². The molecule has 94 valence electrons. The van der Waals surface area contributed by atoms with Crippen molar-refractivity contribution < 1.29 is 8.42 Å². The summed E-state index contributed by atoms with van der Waals surface area (Å²) in [5.41, 5.74) is 0.707. The minimum atomic E-state index is -3.36. The van der Waals surface area contributed by atoms with Crippen molar-refractivity contribution >= 4 is 15.7 Å². The van der Waals surface area contributed by atoms with E-state index in [4.69, 9.17) is 0 Å². The lowest BCUT2D eigenvalue weighted by molar-refractivity contribution is 0.341. The third-order valence-electron chi connectivity index (χ3n) is 3.20. The number of rotatable bonds is 2. The minimum absolute atomic E-state index is 0.0351. The molecule has 1 aromatic carbocycles. The van der Waals surface area contributed by atoms with Crippen molar-refractivity contribution in [2.45, 2.75) is 31.2 Å². The Hall–Kier alpha value is -1.07. The number of anilines is 1. The van der Waals surface area contributed by atoms with Crippen LogP contribution in [0.1, 0.15) is 20.3 Å². The molecule has 0 fully saturated rings. The second kappa shape index (κ2) is 4.66. The third-order valence-corrected chi connectivity index (χ3v) is 5.28. The fourth-order valence-corrected chi connectivity index (χ4v) is 3.92. The van der Waals surface area contributed by atoms with Gasteiger partial charge >= 0.3 is 0 Å². The molecule has 1 aliphatic rings. The van der Waals surface area contributed by atoms with Crippen molar-refractivity contribution in [1.82, 2.24) is 4.31 Å². The fraction of sp³-hybridized carbons (Fsp3) is 0.500. The van der Waals surface area contributed by atoms with Crippen molar-refractivity contribution in [3.8, 4) is 0 Å². The van der Waals surface area contributed by atoms with Crippen LogP contribution in [0.25, 0.3) is 0 Å². The van der Waals surface area contributed by atoms with Gasteiger partial charge in [-0.1, -0.05) is 19.1 Å². The highest BCUT2D eigenvalue weighted by Gasteiger charge is 2.31. The summed E-state index contributed by atoms with van der Waals surface area (Å²) in [6.45, 7) is 5.13. The Morgan fingerprint density at radius 1 is 1.41 bits per heavy atom. The largest absolute Gasteiger partial charge is 0.383 e. The van der Waals surface area contributed by atoms with Crippen molar-refractivity contribution in [2.75, 3.05) is 18.4 Å². The molecular formula is C12H18N2O2S. The number of fused-ring (bicyclic) bond motifs is 1. The van der Waals surface area contributed by atoms with Crippen molar-refractivity contribution in [3.63, 3.8) is 0 Å². The van der Waals surface area contributed by atoms with Gasteiger partial charge in [0.15, 0.2) is 0 Å². The van der Waals surface area contributed by atoms with E-state index in [0.717, 1.165) is 6.42 Å². The summed E-state index contributed by atoms with van der Waals surface area (Å²) >= 11 is 0. The predicted molar refractivity (Wildman–Crippen MR) is 68.6 cm³/mol. The highest BCUT2D eigenvalue weighted by molar-refractivity contribution is 7.89. The molecule has 0 aromatic heterocycles. The SMILES string of the molecule is CCC(C)N1CCNc2ccccc2S1(=O)=O. The molecule has 2 rings (SSSR count). The Morgan fingerprint density at radius 3 is 2.82 bits per heavy atom. The predicted octanol–water partition coefficient (Wildman–Crippen LogP) is 1.90. The van der Waals surface area contributed by atoms with Gasteiger partial charge < -0.3 is 5.32 Å². The van der Waals surface area contributed by atoms with Gasteiger partial charge in [0.05, 0.1) is 5.69 Å². The average molecular weight is 254 g/mol. The van der Waals surface area contributed by atoms with Gasteiger partial charge in [0, 0.05) is 19.1 Å². The van der Waals surface area contributed by atoms with E-state index in [0.29, 0.717) is 23.7 Å². The first-order chi connectivity index (χ1) is 8.07. The molecule has 1 heterocycles. The van der Waals surface area contributed by atoms with Crippen LogP contribution in [0, 0.1) is 0 Å². The minimum Gasteiger partial charge on any atom is -0.383 e. The number of hydrogen-bond donors (Lipinski definition) is 1. The normalized spacial score (nSPS) is 21.1. The van der Waals surface area contributed by atoms with Crippen LogP contribution in [-0.4, -0.2) is 31.9 Å². The summed E-state index contributed by atoms with van der Waals surface area (Å²) in [4.78, 5) is 0.387. The zero-order valence-corrected chi connectivity index (χ0v) is 11.0. The summed E-state index contributed by atoms with van der Waals surface area (Å²) in [5.74, 6) is 0. The molecule has 1 atom stereocenters. The van der Waals surface area contributed by atoms with Crippen LogP contribution < -0.4 is 5.32 Å². The van der Waals surface area contributed by atoms with E-state index in [1.54, 1.807) is 16.4 Å². The fourth-order valence-electron chi connectivity index (χ4n) is 2.05. The molecule has 1 unspecified atom stereocenters. The molecule has 0 saturated heterocycles. The van der Waals surface area contributed by atoms with Crippen LogP contribution in [0.5, 0.6) is 0 Å². The van der Waals surface area contributed by atoms with Gasteiger partial charge in [-0.25, -0.2) is 8.42 Å². The number of sulfonamides is 1. The number of benzene rings is 1. The first-order valence-electron chi connectivity index (χ1n) is 5.92. The van der Waals surface area contributed by atoms with E-state index in [-0.39, 0.29) is 6.04 Å². The summed E-state index contributed by atoms with van der Waals surface area (Å²) in [6.07, 6.45) is 0.821. The average Bonchev–Trinajstić information content (AvgIpc) is 2.46. The summed E-state index contributed by atoms with van der Waals surface area (Å²) in [6, 6.07) is 7.12. The quantitative estimate of drug-likeness (QED) is 0.877. The monoisotopic (exact) mass is 254 g/mol. The zero-order valence-electron chi connectivity index (χ0n) is 10.2. The number of nitrogens with zero attached hydrogens (tertiary/aromatic N) is 1. The molecule has 0 saturated carbocycles. The standard InChI is InChI=1S/C12H18N2O2S/c1-3-10(2)14-9-8-13-11-6-4-5-7-12(11)17(14,15)16/h4-7,10,13H,3,8-9H2,1-2H3. The topological polar surface area (TPSA) is 49.4 Å². The maximum Gasteiger partial charge on any atom is 0.245 e. The molecule has 4 nitrogen and oxygen atoms in total. The van der Waals surface area contributed by atoms with E-state index < -0.39 is 10.0 Å². The van der Waals surface area contributed by atoms with Crippen LogP contribution in [0.15, 0.2) is 29.2 Å². The van der Waals surface area contributed by atoms with Gasteiger partial charge in [-0.2, -0.15) is 4.31 Å². The molecule has 1 aliphatic heterocycles. The summed E-state index contributed by atoms with van der Waals surface area (Å²) in [5, 5.41) is 3.17.